The summed E-state index contributed by atoms with van der Waals surface area (Å²) < 4.78 is 21.7. The molecule has 1 unspecified atom stereocenters. The van der Waals surface area contributed by atoms with Gasteiger partial charge in [-0.3, -0.25) is 4.21 Å². The van der Waals surface area contributed by atoms with Crippen LogP contribution in [-0.2, 0) is 16.8 Å². The Morgan fingerprint density at radius 3 is 2.57 bits per heavy atom. The van der Waals surface area contributed by atoms with Crippen LogP contribution in [0.1, 0.15) is 31.0 Å². The van der Waals surface area contributed by atoms with E-state index >= 15 is 0 Å². The summed E-state index contributed by atoms with van der Waals surface area (Å²) in [5, 5.41) is 22.1. The lowest BCUT2D eigenvalue weighted by molar-refractivity contribution is 0.536. The van der Waals surface area contributed by atoms with Gasteiger partial charge < -0.3 is 9.87 Å². The normalized spacial score (nSPS) is 15.8. The molecule has 142 valence electrons. The minimum absolute atomic E-state index is 0.00855. The quantitative estimate of drug-likeness (QED) is 0.642. The second kappa shape index (κ2) is 7.66. The van der Waals surface area contributed by atoms with Crippen molar-refractivity contribution in [2.45, 2.75) is 31.6 Å². The molecule has 0 amide bonds. The third-order valence-corrected chi connectivity index (χ3v) is 5.71. The maximum absolute atomic E-state index is 10.8. The summed E-state index contributed by atoms with van der Waals surface area (Å²) in [7, 11) is 0. The standard InChI is InChI=1S/C21H20N4O2S/c1-13(15-6-7-15)23-21-18-9-8-17(10-19(18)24-25-20(21)11-22)16-4-2-14(3-5-16)12-28(26)27/h2-5,8-10,13,15H,6-7,12H2,1H3,(H,23,24)(H,26,27)/p-1/t13-/m1/s1. The van der Waals surface area contributed by atoms with E-state index < -0.39 is 11.1 Å². The number of benzene rings is 2. The zero-order valence-electron chi connectivity index (χ0n) is 15.4. The molecule has 6 nitrogen and oxygen atoms in total. The number of nitriles is 1. The van der Waals surface area contributed by atoms with Crippen LogP contribution in [0.25, 0.3) is 22.0 Å². The lowest BCUT2D eigenvalue weighted by atomic mass is 10.0. The van der Waals surface area contributed by atoms with Crippen LogP contribution in [0.4, 0.5) is 5.69 Å². The Labute approximate surface area is 165 Å². The Morgan fingerprint density at radius 1 is 1.21 bits per heavy atom. The van der Waals surface area contributed by atoms with Crippen molar-refractivity contribution in [3.05, 3.63) is 53.7 Å². The summed E-state index contributed by atoms with van der Waals surface area (Å²) in [5.74, 6) is 0.658. The number of hydrogen-bond donors (Lipinski definition) is 1. The molecule has 1 aromatic heterocycles. The smallest absolute Gasteiger partial charge is 0.186 e. The van der Waals surface area contributed by atoms with E-state index in [1.807, 2.05) is 42.5 Å². The van der Waals surface area contributed by atoms with Crippen molar-refractivity contribution in [3.63, 3.8) is 0 Å². The first kappa shape index (κ1) is 18.5. The second-order valence-corrected chi connectivity index (χ2v) is 8.08. The number of rotatable bonds is 6. The van der Waals surface area contributed by atoms with Crippen molar-refractivity contribution in [2.24, 2.45) is 5.92 Å². The summed E-state index contributed by atoms with van der Waals surface area (Å²) in [4.78, 5) is 0. The Kier molecular flexibility index (Phi) is 5.07. The zero-order chi connectivity index (χ0) is 19.7. The lowest BCUT2D eigenvalue weighted by Gasteiger charge is -2.17. The van der Waals surface area contributed by atoms with Crippen LogP contribution in [0.2, 0.25) is 0 Å². The predicted molar refractivity (Wildman–Crippen MR) is 108 cm³/mol. The molecule has 0 spiro atoms. The van der Waals surface area contributed by atoms with E-state index in [4.69, 9.17) is 0 Å². The number of hydrogen-bond acceptors (Lipinski definition) is 6. The van der Waals surface area contributed by atoms with Gasteiger partial charge in [-0.25, -0.2) is 0 Å². The highest BCUT2D eigenvalue weighted by Gasteiger charge is 2.29. The number of nitrogens with one attached hydrogen (secondary N) is 1. The molecule has 3 aromatic rings. The van der Waals surface area contributed by atoms with Crippen molar-refractivity contribution in [2.75, 3.05) is 5.32 Å². The van der Waals surface area contributed by atoms with E-state index in [1.165, 1.54) is 12.8 Å². The van der Waals surface area contributed by atoms with Crippen LogP contribution >= 0.6 is 0 Å². The molecule has 28 heavy (non-hydrogen) atoms. The molecule has 1 N–H and O–H groups in total. The average molecular weight is 391 g/mol. The van der Waals surface area contributed by atoms with Gasteiger partial charge in [0.2, 0.25) is 0 Å². The first-order valence-corrected chi connectivity index (χ1v) is 10.4. The molecule has 1 heterocycles. The summed E-state index contributed by atoms with van der Waals surface area (Å²) in [6.07, 6.45) is 2.43. The number of nitrogens with zero attached hydrogens (tertiary/aromatic N) is 3. The topological polar surface area (TPSA) is 102 Å². The van der Waals surface area contributed by atoms with Gasteiger partial charge in [-0.05, 0) is 54.5 Å². The van der Waals surface area contributed by atoms with Gasteiger partial charge in [0.1, 0.15) is 6.07 Å². The van der Waals surface area contributed by atoms with Crippen molar-refractivity contribution in [1.82, 2.24) is 10.2 Å². The van der Waals surface area contributed by atoms with Crippen molar-refractivity contribution in [3.8, 4) is 17.2 Å². The summed E-state index contributed by atoms with van der Waals surface area (Å²) in [6, 6.07) is 15.7. The van der Waals surface area contributed by atoms with Gasteiger partial charge in [-0.1, -0.05) is 41.4 Å². The Bertz CT molecular complexity index is 1090. The van der Waals surface area contributed by atoms with E-state index in [0.29, 0.717) is 23.2 Å². The number of fused-ring (bicyclic) bond motifs is 1. The molecule has 2 aromatic carbocycles. The van der Waals surface area contributed by atoms with Gasteiger partial charge in [-0.2, -0.15) is 5.26 Å². The molecule has 0 bridgehead atoms. The van der Waals surface area contributed by atoms with Crippen LogP contribution in [0.3, 0.4) is 0 Å². The van der Waals surface area contributed by atoms with Crippen molar-refractivity contribution >= 4 is 27.7 Å². The van der Waals surface area contributed by atoms with Gasteiger partial charge in [0.25, 0.3) is 0 Å². The minimum Gasteiger partial charge on any atom is -0.772 e. The lowest BCUT2D eigenvalue weighted by Crippen LogP contribution is -2.19. The largest absolute Gasteiger partial charge is 0.772 e. The first-order chi connectivity index (χ1) is 13.5. The fraction of sp³-hybridized carbons (Fsp3) is 0.286. The molecule has 2 atom stereocenters. The third kappa shape index (κ3) is 3.88. The maximum atomic E-state index is 10.8. The van der Waals surface area contributed by atoms with Crippen LogP contribution < -0.4 is 5.32 Å². The fourth-order valence-electron chi connectivity index (χ4n) is 3.38. The molecule has 1 aliphatic rings. The highest BCUT2D eigenvalue weighted by molar-refractivity contribution is 7.78. The van der Waals surface area contributed by atoms with E-state index in [1.54, 1.807) is 0 Å². The molecule has 4 rings (SSSR count). The SMILES string of the molecule is C[C@@H](Nc1c(C#N)nnc2cc(-c3ccc(CS(=O)[O-])cc3)ccc12)C1CC1. The summed E-state index contributed by atoms with van der Waals surface area (Å²) in [5.41, 5.74) is 4.44. The monoisotopic (exact) mass is 391 g/mol. The van der Waals surface area contributed by atoms with Crippen molar-refractivity contribution < 1.29 is 8.76 Å². The predicted octanol–water partition coefficient (Wildman–Crippen LogP) is 3.76. The van der Waals surface area contributed by atoms with Gasteiger partial charge in [-0.15, -0.1) is 10.2 Å². The number of aromatic nitrogens is 2. The molecule has 7 heteroatoms. The van der Waals surface area contributed by atoms with E-state index in [2.05, 4.69) is 28.5 Å². The molecular weight excluding hydrogens is 372 g/mol. The first-order valence-electron chi connectivity index (χ1n) is 9.17. The highest BCUT2D eigenvalue weighted by Crippen LogP contribution is 2.36. The van der Waals surface area contributed by atoms with Gasteiger partial charge in [0.15, 0.2) is 5.69 Å². The van der Waals surface area contributed by atoms with E-state index in [9.17, 15) is 14.0 Å². The van der Waals surface area contributed by atoms with Crippen LogP contribution in [-0.4, -0.2) is 25.0 Å². The fourth-order valence-corrected chi connectivity index (χ4v) is 3.85. The molecule has 1 fully saturated rings. The van der Waals surface area contributed by atoms with Gasteiger partial charge in [0.05, 0.1) is 11.2 Å². The minimum atomic E-state index is -2.10. The zero-order valence-corrected chi connectivity index (χ0v) is 16.2. The molecule has 0 saturated heterocycles. The Morgan fingerprint density at radius 2 is 1.93 bits per heavy atom. The van der Waals surface area contributed by atoms with E-state index in [0.717, 1.165) is 27.8 Å². The summed E-state index contributed by atoms with van der Waals surface area (Å²) in [6.45, 7) is 2.13. The molecule has 1 saturated carbocycles. The molecule has 0 radical (unpaired) electrons. The summed E-state index contributed by atoms with van der Waals surface area (Å²) >= 11 is -2.10. The highest BCUT2D eigenvalue weighted by atomic mass is 32.2. The van der Waals surface area contributed by atoms with Crippen molar-refractivity contribution in [1.29, 1.82) is 5.26 Å². The van der Waals surface area contributed by atoms with Crippen LogP contribution in [0, 0.1) is 17.2 Å². The van der Waals surface area contributed by atoms with Gasteiger partial charge in [0, 0.05) is 17.2 Å². The number of anilines is 1. The van der Waals surface area contributed by atoms with Gasteiger partial charge >= 0.3 is 0 Å². The van der Waals surface area contributed by atoms with Crippen LogP contribution in [0.15, 0.2) is 42.5 Å². The Hall–Kier alpha value is -2.82. The van der Waals surface area contributed by atoms with E-state index in [-0.39, 0.29) is 5.75 Å². The molecule has 0 aliphatic heterocycles. The van der Waals surface area contributed by atoms with Crippen LogP contribution in [0.5, 0.6) is 0 Å². The average Bonchev–Trinajstić information content (AvgIpc) is 3.53. The molecular formula is C21H19N4O2S-. The third-order valence-electron chi connectivity index (χ3n) is 5.14. The maximum Gasteiger partial charge on any atom is 0.186 e. The second-order valence-electron chi connectivity index (χ2n) is 7.18. The molecule has 1 aliphatic carbocycles. The Balaban J connectivity index is 1.69.